The summed E-state index contributed by atoms with van der Waals surface area (Å²) in [5, 5.41) is 5.58. The molecule has 1 aliphatic heterocycles. The first-order chi connectivity index (χ1) is 8.83. The van der Waals surface area contributed by atoms with Crippen molar-refractivity contribution in [3.05, 3.63) is 22.4 Å². The zero-order valence-electron chi connectivity index (χ0n) is 11.1. The van der Waals surface area contributed by atoms with E-state index in [0.29, 0.717) is 0 Å². The summed E-state index contributed by atoms with van der Waals surface area (Å²) in [4.78, 5) is 3.78. The Bertz CT molecular complexity index is 320. The summed E-state index contributed by atoms with van der Waals surface area (Å²) >= 11 is 1.80. The molecule has 1 fully saturated rings. The largest absolute Gasteiger partial charge is 0.377 e. The van der Waals surface area contributed by atoms with E-state index in [2.05, 4.69) is 27.7 Å². The molecule has 0 radical (unpaired) electrons. The van der Waals surface area contributed by atoms with Crippen LogP contribution in [0.15, 0.2) is 17.5 Å². The van der Waals surface area contributed by atoms with Crippen LogP contribution in [-0.2, 0) is 16.0 Å². The van der Waals surface area contributed by atoms with Crippen LogP contribution in [0.5, 0.6) is 0 Å². The van der Waals surface area contributed by atoms with Gasteiger partial charge in [0.05, 0.1) is 12.2 Å². The first-order valence-electron chi connectivity index (χ1n) is 6.34. The minimum absolute atomic E-state index is 0.215. The van der Waals surface area contributed by atoms with Gasteiger partial charge in [0.2, 0.25) is 0 Å². The standard InChI is InChI=1S/C13H22N2O2S/c1-16-12-9-15(10-13(12)17-2)6-5-14-8-11-4-3-7-18-11/h3-4,7,12-14H,5-6,8-10H2,1-2H3. The normalized spacial score (nSPS) is 24.8. The minimum atomic E-state index is 0.215. The molecule has 1 N–H and O–H groups in total. The molecule has 1 aromatic heterocycles. The minimum Gasteiger partial charge on any atom is -0.377 e. The third-order valence-electron chi connectivity index (χ3n) is 3.38. The SMILES string of the molecule is COC1CN(CCNCc2cccs2)CC1OC. The maximum Gasteiger partial charge on any atom is 0.0971 e. The second-order valence-electron chi connectivity index (χ2n) is 4.56. The van der Waals surface area contributed by atoms with Crippen molar-refractivity contribution in [2.75, 3.05) is 40.4 Å². The van der Waals surface area contributed by atoms with Crippen LogP contribution < -0.4 is 5.32 Å². The smallest absolute Gasteiger partial charge is 0.0971 e. The Morgan fingerprint density at radius 3 is 2.61 bits per heavy atom. The maximum atomic E-state index is 5.42. The molecule has 2 rings (SSSR count). The van der Waals surface area contributed by atoms with Crippen molar-refractivity contribution < 1.29 is 9.47 Å². The van der Waals surface area contributed by atoms with Gasteiger partial charge in [0.15, 0.2) is 0 Å². The Balaban J connectivity index is 1.62. The molecule has 4 nitrogen and oxygen atoms in total. The van der Waals surface area contributed by atoms with Crippen molar-refractivity contribution in [1.29, 1.82) is 0 Å². The van der Waals surface area contributed by atoms with E-state index in [9.17, 15) is 0 Å². The van der Waals surface area contributed by atoms with Crippen molar-refractivity contribution in [3.8, 4) is 0 Å². The van der Waals surface area contributed by atoms with Crippen LogP contribution in [-0.4, -0.2) is 57.5 Å². The zero-order chi connectivity index (χ0) is 12.8. The molecule has 1 aromatic rings. The van der Waals surface area contributed by atoms with Crippen LogP contribution in [0.3, 0.4) is 0 Å². The van der Waals surface area contributed by atoms with Gasteiger partial charge in [0.1, 0.15) is 0 Å². The highest BCUT2D eigenvalue weighted by atomic mass is 32.1. The van der Waals surface area contributed by atoms with E-state index in [-0.39, 0.29) is 12.2 Å². The van der Waals surface area contributed by atoms with Gasteiger partial charge in [-0.1, -0.05) is 6.07 Å². The predicted molar refractivity (Wildman–Crippen MR) is 74.1 cm³/mol. The van der Waals surface area contributed by atoms with Gasteiger partial charge in [-0.25, -0.2) is 0 Å². The number of thiophene rings is 1. The van der Waals surface area contributed by atoms with E-state index in [1.165, 1.54) is 4.88 Å². The summed E-state index contributed by atoms with van der Waals surface area (Å²) in [5.41, 5.74) is 0. The second kappa shape index (κ2) is 7.21. The molecular weight excluding hydrogens is 248 g/mol. The molecule has 0 spiro atoms. The number of methoxy groups -OCH3 is 2. The molecule has 0 aromatic carbocycles. The highest BCUT2D eigenvalue weighted by Crippen LogP contribution is 2.15. The quantitative estimate of drug-likeness (QED) is 0.755. The molecule has 2 atom stereocenters. The topological polar surface area (TPSA) is 33.7 Å². The number of likely N-dealkylation sites (tertiary alicyclic amines) is 1. The highest BCUT2D eigenvalue weighted by Gasteiger charge is 2.32. The number of nitrogens with one attached hydrogen (secondary N) is 1. The van der Waals surface area contributed by atoms with Gasteiger partial charge >= 0.3 is 0 Å². The highest BCUT2D eigenvalue weighted by molar-refractivity contribution is 7.09. The van der Waals surface area contributed by atoms with Crippen LogP contribution >= 0.6 is 11.3 Å². The lowest BCUT2D eigenvalue weighted by atomic mass is 10.3. The summed E-state index contributed by atoms with van der Waals surface area (Å²) < 4.78 is 10.8. The number of hydrogen-bond donors (Lipinski definition) is 1. The third-order valence-corrected chi connectivity index (χ3v) is 4.26. The van der Waals surface area contributed by atoms with E-state index in [4.69, 9.17) is 9.47 Å². The molecule has 0 aliphatic carbocycles. The molecule has 1 aliphatic rings. The molecule has 102 valence electrons. The number of hydrogen-bond acceptors (Lipinski definition) is 5. The fourth-order valence-electron chi connectivity index (χ4n) is 2.32. The van der Waals surface area contributed by atoms with Gasteiger partial charge in [0.25, 0.3) is 0 Å². The van der Waals surface area contributed by atoms with Gasteiger partial charge in [-0.05, 0) is 11.4 Å². The fourth-order valence-corrected chi connectivity index (χ4v) is 2.99. The van der Waals surface area contributed by atoms with Crippen LogP contribution in [0, 0.1) is 0 Å². The van der Waals surface area contributed by atoms with Gasteiger partial charge in [-0.2, -0.15) is 0 Å². The van der Waals surface area contributed by atoms with Crippen molar-refractivity contribution in [2.45, 2.75) is 18.8 Å². The van der Waals surface area contributed by atoms with Crippen LogP contribution in [0.2, 0.25) is 0 Å². The van der Waals surface area contributed by atoms with Crippen molar-refractivity contribution >= 4 is 11.3 Å². The van der Waals surface area contributed by atoms with Crippen molar-refractivity contribution in [2.24, 2.45) is 0 Å². The summed E-state index contributed by atoms with van der Waals surface area (Å²) in [6.07, 6.45) is 0.430. The lowest BCUT2D eigenvalue weighted by molar-refractivity contribution is -0.00461. The molecular formula is C13H22N2O2S. The molecule has 2 heterocycles. The number of ether oxygens (including phenoxy) is 2. The second-order valence-corrected chi connectivity index (χ2v) is 5.60. The van der Waals surface area contributed by atoms with E-state index in [0.717, 1.165) is 32.7 Å². The van der Waals surface area contributed by atoms with Crippen molar-refractivity contribution in [1.82, 2.24) is 10.2 Å². The monoisotopic (exact) mass is 270 g/mol. The van der Waals surface area contributed by atoms with Gasteiger partial charge < -0.3 is 14.8 Å². The number of rotatable bonds is 7. The molecule has 0 amide bonds. The maximum absolute atomic E-state index is 5.42. The Morgan fingerprint density at radius 1 is 1.33 bits per heavy atom. The van der Waals surface area contributed by atoms with Gasteiger partial charge in [-0.3, -0.25) is 4.90 Å². The lowest BCUT2D eigenvalue weighted by Crippen LogP contribution is -2.31. The molecule has 0 saturated carbocycles. The zero-order valence-corrected chi connectivity index (χ0v) is 11.9. The van der Waals surface area contributed by atoms with E-state index < -0.39 is 0 Å². The Kier molecular flexibility index (Phi) is 5.59. The van der Waals surface area contributed by atoms with Crippen LogP contribution in [0.1, 0.15) is 4.88 Å². The average molecular weight is 270 g/mol. The first kappa shape index (κ1) is 14.0. The van der Waals surface area contributed by atoms with Crippen LogP contribution in [0.4, 0.5) is 0 Å². The van der Waals surface area contributed by atoms with E-state index in [1.54, 1.807) is 25.6 Å². The van der Waals surface area contributed by atoms with Gasteiger partial charge in [-0.15, -0.1) is 11.3 Å². The average Bonchev–Trinajstić information content (AvgIpc) is 3.03. The Labute approximate surface area is 113 Å². The Hall–Kier alpha value is -0.460. The molecule has 1 saturated heterocycles. The lowest BCUT2D eigenvalue weighted by Gasteiger charge is -2.15. The van der Waals surface area contributed by atoms with E-state index in [1.807, 2.05) is 0 Å². The number of nitrogens with zero attached hydrogens (tertiary/aromatic N) is 1. The van der Waals surface area contributed by atoms with Gasteiger partial charge in [0, 0.05) is 51.8 Å². The Morgan fingerprint density at radius 2 is 2.06 bits per heavy atom. The predicted octanol–water partition coefficient (Wildman–Crippen LogP) is 1.18. The third kappa shape index (κ3) is 3.76. The molecule has 5 heteroatoms. The summed E-state index contributed by atoms with van der Waals surface area (Å²) in [6, 6.07) is 4.25. The summed E-state index contributed by atoms with van der Waals surface area (Å²) in [7, 11) is 3.52. The summed E-state index contributed by atoms with van der Waals surface area (Å²) in [6.45, 7) is 4.95. The molecule has 18 heavy (non-hydrogen) atoms. The molecule has 2 unspecified atom stereocenters. The molecule has 0 bridgehead atoms. The van der Waals surface area contributed by atoms with Crippen LogP contribution in [0.25, 0.3) is 0 Å². The van der Waals surface area contributed by atoms with Crippen molar-refractivity contribution in [3.63, 3.8) is 0 Å². The van der Waals surface area contributed by atoms with E-state index >= 15 is 0 Å². The fraction of sp³-hybridized carbons (Fsp3) is 0.692. The first-order valence-corrected chi connectivity index (χ1v) is 7.22. The summed E-state index contributed by atoms with van der Waals surface area (Å²) in [5.74, 6) is 0.